The van der Waals surface area contributed by atoms with Crippen molar-refractivity contribution in [1.82, 2.24) is 14.8 Å². The molecule has 3 rings (SSSR count). The number of hydrogen-bond acceptors (Lipinski definition) is 5. The van der Waals surface area contributed by atoms with Crippen LogP contribution in [-0.2, 0) is 22.4 Å². The molecule has 1 aliphatic rings. The Balaban J connectivity index is 1.51. The highest BCUT2D eigenvalue weighted by Gasteiger charge is 2.33. The second-order valence-electron chi connectivity index (χ2n) is 8.89. The average Bonchev–Trinajstić information content (AvgIpc) is 3.22. The number of hydrogen-bond donors (Lipinski definition) is 1. The fourth-order valence-corrected chi connectivity index (χ4v) is 3.96. The number of nitrogens with zero attached hydrogens (tertiary/aromatic N) is 3. The first-order valence-corrected chi connectivity index (χ1v) is 11.2. The summed E-state index contributed by atoms with van der Waals surface area (Å²) in [6, 6.07) is 11.4. The highest BCUT2D eigenvalue weighted by Crippen LogP contribution is 2.30. The molecule has 0 saturated carbocycles. The first-order valence-electron chi connectivity index (χ1n) is 11.2. The summed E-state index contributed by atoms with van der Waals surface area (Å²) in [5.41, 5.74) is 1.76. The van der Waals surface area contributed by atoms with Crippen LogP contribution < -0.4 is 10.1 Å². The number of ether oxygens (including phenoxy) is 1. The van der Waals surface area contributed by atoms with Gasteiger partial charge in [-0.1, -0.05) is 19.1 Å². The number of fused-ring (bicyclic) bond motifs is 1. The Morgan fingerprint density at radius 1 is 1.16 bits per heavy atom. The van der Waals surface area contributed by atoms with Gasteiger partial charge in [0.1, 0.15) is 18.2 Å². The van der Waals surface area contributed by atoms with Gasteiger partial charge >= 0.3 is 0 Å². The Morgan fingerprint density at radius 2 is 1.91 bits per heavy atom. The van der Waals surface area contributed by atoms with Crippen molar-refractivity contribution < 1.29 is 14.3 Å². The summed E-state index contributed by atoms with van der Waals surface area (Å²) < 4.78 is 5.92. The number of likely N-dealkylation sites (N-methyl/N-ethyl adjacent to an activating group) is 2. The minimum absolute atomic E-state index is 0.0119. The van der Waals surface area contributed by atoms with Gasteiger partial charge in [-0.25, -0.2) is 4.98 Å². The summed E-state index contributed by atoms with van der Waals surface area (Å²) in [5, 5.41) is 2.89. The molecule has 1 aromatic carbocycles. The van der Waals surface area contributed by atoms with Gasteiger partial charge in [-0.05, 0) is 75.7 Å². The molecule has 0 saturated heterocycles. The molecule has 7 heteroatoms. The van der Waals surface area contributed by atoms with E-state index in [2.05, 4.69) is 10.3 Å². The predicted molar refractivity (Wildman–Crippen MR) is 126 cm³/mol. The quantitative estimate of drug-likeness (QED) is 0.652. The number of rotatable bonds is 9. The van der Waals surface area contributed by atoms with Crippen LogP contribution in [0.3, 0.4) is 0 Å². The Bertz CT molecular complexity index is 945. The molecule has 1 aliphatic carbocycles. The van der Waals surface area contributed by atoms with Crippen LogP contribution in [0.2, 0.25) is 0 Å². The fourth-order valence-electron chi connectivity index (χ4n) is 3.96. The third kappa shape index (κ3) is 5.46. The number of nitrogens with one attached hydrogen (secondary N) is 1. The molecule has 0 aliphatic heterocycles. The molecule has 1 heterocycles. The molecule has 7 nitrogen and oxygen atoms in total. The van der Waals surface area contributed by atoms with Crippen molar-refractivity contribution in [2.45, 2.75) is 39.2 Å². The number of aromatic nitrogens is 1. The van der Waals surface area contributed by atoms with Gasteiger partial charge in [0, 0.05) is 19.2 Å². The largest absolute Gasteiger partial charge is 0.492 e. The molecular weight excluding hydrogens is 404 g/mol. The van der Waals surface area contributed by atoms with Crippen molar-refractivity contribution in [3.05, 3.63) is 53.7 Å². The Kier molecular flexibility index (Phi) is 7.51. The van der Waals surface area contributed by atoms with Crippen LogP contribution in [0.25, 0.3) is 0 Å². The van der Waals surface area contributed by atoms with Crippen molar-refractivity contribution >= 4 is 17.6 Å². The average molecular weight is 439 g/mol. The molecule has 0 fully saturated rings. The molecule has 2 aromatic rings. The summed E-state index contributed by atoms with van der Waals surface area (Å²) >= 11 is 0. The van der Waals surface area contributed by atoms with Crippen LogP contribution in [0, 0.1) is 5.92 Å². The lowest BCUT2D eigenvalue weighted by Crippen LogP contribution is -2.54. The Morgan fingerprint density at radius 3 is 2.59 bits per heavy atom. The SMILES string of the molecule is CCN(C)C(C)(C)C(=O)N(C)CCOc1ccc2c(c1)C[C@H](C(=O)Nc1ccccn1)C2. The summed E-state index contributed by atoms with van der Waals surface area (Å²) in [6.07, 6.45) is 3.06. The van der Waals surface area contributed by atoms with Crippen LogP contribution in [0.5, 0.6) is 5.75 Å². The van der Waals surface area contributed by atoms with Gasteiger partial charge in [-0.3, -0.25) is 14.5 Å². The van der Waals surface area contributed by atoms with E-state index in [9.17, 15) is 9.59 Å². The maximum atomic E-state index is 12.8. The topological polar surface area (TPSA) is 74.8 Å². The predicted octanol–water partition coefficient (Wildman–Crippen LogP) is 3.00. The lowest BCUT2D eigenvalue weighted by molar-refractivity contribution is -0.140. The normalized spacial score (nSPS) is 15.4. The number of carbonyl (C=O) groups excluding carboxylic acids is 2. The van der Waals surface area contributed by atoms with E-state index < -0.39 is 5.54 Å². The number of amides is 2. The summed E-state index contributed by atoms with van der Waals surface area (Å²) in [6.45, 7) is 7.65. The zero-order valence-corrected chi connectivity index (χ0v) is 19.7. The van der Waals surface area contributed by atoms with Gasteiger partial charge in [0.05, 0.1) is 12.1 Å². The van der Waals surface area contributed by atoms with E-state index in [4.69, 9.17) is 4.74 Å². The van der Waals surface area contributed by atoms with E-state index in [0.29, 0.717) is 31.8 Å². The highest BCUT2D eigenvalue weighted by atomic mass is 16.5. The van der Waals surface area contributed by atoms with E-state index in [0.717, 1.165) is 17.9 Å². The standard InChI is InChI=1S/C25H34N4O3/c1-6-29(5)25(2,3)24(31)28(4)13-14-32-21-11-10-18-15-20(16-19(18)17-21)23(30)27-22-9-7-8-12-26-22/h7-12,17,20H,6,13-16H2,1-5H3,(H,26,27,30)/t20-/m1/s1. The Hall–Kier alpha value is -2.93. The van der Waals surface area contributed by atoms with E-state index in [1.54, 1.807) is 17.2 Å². The van der Waals surface area contributed by atoms with Crippen LogP contribution in [0.4, 0.5) is 5.82 Å². The van der Waals surface area contributed by atoms with Crippen molar-refractivity contribution in [3.63, 3.8) is 0 Å². The van der Waals surface area contributed by atoms with E-state index in [-0.39, 0.29) is 17.7 Å². The lowest BCUT2D eigenvalue weighted by atomic mass is 10.0. The third-order valence-corrected chi connectivity index (χ3v) is 6.39. The first-order chi connectivity index (χ1) is 15.2. The molecule has 0 bridgehead atoms. The van der Waals surface area contributed by atoms with Crippen molar-refractivity contribution in [2.24, 2.45) is 5.92 Å². The minimum Gasteiger partial charge on any atom is -0.492 e. The second kappa shape index (κ2) is 10.1. The van der Waals surface area contributed by atoms with Gasteiger partial charge in [0.15, 0.2) is 0 Å². The summed E-state index contributed by atoms with van der Waals surface area (Å²) in [7, 11) is 3.76. The van der Waals surface area contributed by atoms with Gasteiger partial charge in [0.25, 0.3) is 0 Å². The van der Waals surface area contributed by atoms with Gasteiger partial charge in [-0.2, -0.15) is 0 Å². The smallest absolute Gasteiger partial charge is 0.242 e. The highest BCUT2D eigenvalue weighted by molar-refractivity contribution is 5.92. The minimum atomic E-state index is -0.554. The molecule has 32 heavy (non-hydrogen) atoms. The molecule has 0 spiro atoms. The monoisotopic (exact) mass is 438 g/mol. The van der Waals surface area contributed by atoms with Crippen molar-refractivity contribution in [2.75, 3.05) is 39.1 Å². The third-order valence-electron chi connectivity index (χ3n) is 6.39. The maximum Gasteiger partial charge on any atom is 0.242 e. The van der Waals surface area contributed by atoms with Gasteiger partial charge in [0.2, 0.25) is 11.8 Å². The van der Waals surface area contributed by atoms with E-state index >= 15 is 0 Å². The number of anilines is 1. The molecule has 0 unspecified atom stereocenters. The zero-order chi connectivity index (χ0) is 23.3. The van der Waals surface area contributed by atoms with Crippen LogP contribution in [0.1, 0.15) is 31.9 Å². The summed E-state index contributed by atoms with van der Waals surface area (Å²) in [5.74, 6) is 1.29. The lowest BCUT2D eigenvalue weighted by Gasteiger charge is -2.36. The molecule has 2 amide bonds. The first kappa shape index (κ1) is 23.7. The van der Waals surface area contributed by atoms with Crippen LogP contribution >= 0.6 is 0 Å². The molecule has 172 valence electrons. The molecular formula is C25H34N4O3. The fraction of sp³-hybridized carbons (Fsp3) is 0.480. The van der Waals surface area contributed by atoms with Crippen LogP contribution in [-0.4, -0.2) is 65.9 Å². The molecule has 1 atom stereocenters. The summed E-state index contributed by atoms with van der Waals surface area (Å²) in [4.78, 5) is 33.3. The van der Waals surface area contributed by atoms with E-state index in [1.165, 1.54) is 5.56 Å². The van der Waals surface area contributed by atoms with Crippen molar-refractivity contribution in [1.29, 1.82) is 0 Å². The molecule has 0 radical (unpaired) electrons. The molecule has 1 aromatic heterocycles. The van der Waals surface area contributed by atoms with Crippen molar-refractivity contribution in [3.8, 4) is 5.75 Å². The number of carbonyl (C=O) groups is 2. The number of benzene rings is 1. The number of pyridine rings is 1. The molecule has 1 N–H and O–H groups in total. The second-order valence-corrected chi connectivity index (χ2v) is 8.89. The van der Waals surface area contributed by atoms with Gasteiger partial charge in [-0.15, -0.1) is 0 Å². The van der Waals surface area contributed by atoms with Gasteiger partial charge < -0.3 is 15.0 Å². The zero-order valence-electron chi connectivity index (χ0n) is 19.7. The van der Waals surface area contributed by atoms with E-state index in [1.807, 2.05) is 70.1 Å². The van der Waals surface area contributed by atoms with Crippen LogP contribution in [0.15, 0.2) is 42.6 Å². The Labute approximate surface area is 190 Å². The maximum absolute atomic E-state index is 12.8.